The Hall–Kier alpha value is -2.45. The first-order chi connectivity index (χ1) is 15.2. The highest BCUT2D eigenvalue weighted by molar-refractivity contribution is 7.86. The van der Waals surface area contributed by atoms with Gasteiger partial charge in [-0.05, 0) is 73.2 Å². The van der Waals surface area contributed by atoms with Gasteiger partial charge in [-0.15, -0.1) is 0 Å². The predicted molar refractivity (Wildman–Crippen MR) is 124 cm³/mol. The van der Waals surface area contributed by atoms with Gasteiger partial charge in [-0.3, -0.25) is 0 Å². The smallest absolute Gasteiger partial charge is 0.341 e. The number of hydrogen-bond acceptors (Lipinski definition) is 4. The molecule has 1 saturated heterocycles. The molecule has 1 fully saturated rings. The zero-order valence-corrected chi connectivity index (χ0v) is 19.8. The maximum atomic E-state index is 14.0. The summed E-state index contributed by atoms with van der Waals surface area (Å²) in [6, 6.07) is 7.62. The monoisotopic (exact) mass is 462 g/mol. The summed E-state index contributed by atoms with van der Waals surface area (Å²) in [6.07, 6.45) is 1.64. The average molecular weight is 463 g/mol. The number of likely N-dealkylation sites (tertiary alicyclic amines) is 1. The van der Waals surface area contributed by atoms with E-state index in [0.717, 1.165) is 31.6 Å². The number of benzene rings is 2. The number of aromatic carboxylic acids is 1. The molecule has 2 aromatic rings. The number of hydrogen-bond donors (Lipinski definition) is 2. The van der Waals surface area contributed by atoms with Crippen molar-refractivity contribution in [3.8, 4) is 5.75 Å². The van der Waals surface area contributed by atoms with Crippen LogP contribution in [0.15, 0.2) is 35.2 Å². The van der Waals surface area contributed by atoms with Crippen LogP contribution in [0.2, 0.25) is 0 Å². The molecule has 8 heteroatoms. The van der Waals surface area contributed by atoms with Crippen LogP contribution in [-0.4, -0.2) is 46.9 Å². The molecule has 0 radical (unpaired) electrons. The van der Waals surface area contributed by atoms with Crippen LogP contribution in [0.1, 0.15) is 54.6 Å². The largest absolute Gasteiger partial charge is 0.495 e. The number of nitrogens with zero attached hydrogens (tertiary/aromatic N) is 1. The van der Waals surface area contributed by atoms with E-state index in [1.807, 2.05) is 13.8 Å². The first-order valence-electron chi connectivity index (χ1n) is 10.9. The van der Waals surface area contributed by atoms with Crippen LogP contribution in [0.5, 0.6) is 5.75 Å². The molecule has 2 N–H and O–H groups in total. The summed E-state index contributed by atoms with van der Waals surface area (Å²) < 4.78 is 35.5. The molecule has 0 bridgehead atoms. The van der Waals surface area contributed by atoms with Crippen molar-refractivity contribution in [2.75, 3.05) is 31.5 Å². The van der Waals surface area contributed by atoms with E-state index in [1.54, 1.807) is 12.1 Å². The number of ether oxygens (including phenoxy) is 1. The van der Waals surface area contributed by atoms with E-state index in [2.05, 4.69) is 16.5 Å². The van der Waals surface area contributed by atoms with Gasteiger partial charge >= 0.3 is 5.97 Å². The lowest BCUT2D eigenvalue weighted by Crippen LogP contribution is -2.20. The standard InChI is InChI=1S/C24H31FN2O4S/c1-5-27-11-10-16(14-27)12-17-13-18(25)6-9-21(17)32(30)26-20-8-7-19(15(2)3)23(31-4)22(20)24(28)29/h6-9,13,15-16,26H,5,10-12,14H2,1-4H3,(H,28,29). The second-order valence-electron chi connectivity index (χ2n) is 8.45. The minimum Gasteiger partial charge on any atom is -0.495 e. The topological polar surface area (TPSA) is 78.9 Å². The molecule has 32 heavy (non-hydrogen) atoms. The van der Waals surface area contributed by atoms with Crippen molar-refractivity contribution in [3.63, 3.8) is 0 Å². The molecule has 0 amide bonds. The van der Waals surface area contributed by atoms with Crippen molar-refractivity contribution in [2.45, 2.75) is 44.4 Å². The highest BCUT2D eigenvalue weighted by Gasteiger charge is 2.25. The Morgan fingerprint density at radius 3 is 2.69 bits per heavy atom. The van der Waals surface area contributed by atoms with Crippen molar-refractivity contribution < 1.29 is 23.2 Å². The molecule has 2 unspecified atom stereocenters. The van der Waals surface area contributed by atoms with Gasteiger partial charge in [0, 0.05) is 6.54 Å². The van der Waals surface area contributed by atoms with Crippen LogP contribution >= 0.6 is 0 Å². The zero-order chi connectivity index (χ0) is 23.4. The molecule has 2 atom stereocenters. The van der Waals surface area contributed by atoms with Crippen molar-refractivity contribution in [1.29, 1.82) is 0 Å². The van der Waals surface area contributed by atoms with Crippen LogP contribution in [0, 0.1) is 11.7 Å². The summed E-state index contributed by atoms with van der Waals surface area (Å²) in [4.78, 5) is 14.8. The fourth-order valence-electron chi connectivity index (χ4n) is 4.29. The third kappa shape index (κ3) is 5.30. The number of carboxylic acids is 1. The molecule has 1 aliphatic rings. The quantitative estimate of drug-likeness (QED) is 0.566. The fraction of sp³-hybridized carbons (Fsp3) is 0.458. The van der Waals surface area contributed by atoms with Gasteiger partial charge < -0.3 is 19.5 Å². The molecule has 0 aromatic heterocycles. The molecule has 6 nitrogen and oxygen atoms in total. The number of anilines is 1. The summed E-state index contributed by atoms with van der Waals surface area (Å²) in [7, 11) is -0.344. The van der Waals surface area contributed by atoms with E-state index in [1.165, 1.54) is 25.3 Å². The molecule has 0 saturated carbocycles. The molecular formula is C24H31FN2O4S. The first-order valence-corrected chi connectivity index (χ1v) is 12.0. The van der Waals surface area contributed by atoms with Crippen LogP contribution in [0.25, 0.3) is 0 Å². The molecule has 3 rings (SSSR count). The first kappa shape index (κ1) is 24.2. The molecule has 174 valence electrons. The molecule has 0 aliphatic carbocycles. The van der Waals surface area contributed by atoms with Crippen LogP contribution in [-0.2, 0) is 17.4 Å². The minimum absolute atomic E-state index is 0.0559. The Balaban J connectivity index is 1.92. The number of carbonyl (C=O) groups is 1. The summed E-state index contributed by atoms with van der Waals surface area (Å²) in [5, 5.41) is 9.82. The number of rotatable bonds is 9. The van der Waals surface area contributed by atoms with Crippen molar-refractivity contribution in [2.24, 2.45) is 5.92 Å². The maximum Gasteiger partial charge on any atom is 0.341 e. The van der Waals surface area contributed by atoms with Gasteiger partial charge in [0.1, 0.15) is 17.1 Å². The van der Waals surface area contributed by atoms with E-state index in [4.69, 9.17) is 4.74 Å². The Morgan fingerprint density at radius 1 is 1.34 bits per heavy atom. The Kier molecular flexibility index (Phi) is 7.90. The normalized spacial score (nSPS) is 17.5. The lowest BCUT2D eigenvalue weighted by Gasteiger charge is -2.19. The van der Waals surface area contributed by atoms with Gasteiger partial charge in [0.2, 0.25) is 0 Å². The Morgan fingerprint density at radius 2 is 2.09 bits per heavy atom. The minimum atomic E-state index is -1.77. The Bertz CT molecular complexity index is 1010. The van der Waals surface area contributed by atoms with Gasteiger partial charge in [-0.2, -0.15) is 0 Å². The number of halogens is 1. The zero-order valence-electron chi connectivity index (χ0n) is 19.0. The van der Waals surface area contributed by atoms with Crippen molar-refractivity contribution >= 4 is 22.6 Å². The number of nitrogens with one attached hydrogen (secondary N) is 1. The summed E-state index contributed by atoms with van der Waals surface area (Å²) in [6.45, 7) is 8.94. The van der Waals surface area contributed by atoms with Gasteiger partial charge in [-0.25, -0.2) is 13.4 Å². The lowest BCUT2D eigenvalue weighted by atomic mass is 9.98. The summed E-state index contributed by atoms with van der Waals surface area (Å²) in [5.74, 6) is -0.874. The molecule has 1 heterocycles. The van der Waals surface area contributed by atoms with Crippen molar-refractivity contribution in [1.82, 2.24) is 4.90 Å². The predicted octanol–water partition coefficient (Wildman–Crippen LogP) is 4.67. The van der Waals surface area contributed by atoms with Gasteiger partial charge in [0.05, 0.1) is 17.7 Å². The maximum absolute atomic E-state index is 14.0. The summed E-state index contributed by atoms with van der Waals surface area (Å²) in [5.41, 5.74) is 1.57. The SMILES string of the molecule is CCN1CCC(Cc2cc(F)ccc2S(=O)Nc2ccc(C(C)C)c(OC)c2C(=O)O)C1. The average Bonchev–Trinajstić information content (AvgIpc) is 3.20. The van der Waals surface area contributed by atoms with E-state index < -0.39 is 17.0 Å². The second-order valence-corrected chi connectivity index (χ2v) is 9.63. The molecule has 0 spiro atoms. The van der Waals surface area contributed by atoms with Crippen LogP contribution < -0.4 is 9.46 Å². The number of carboxylic acid groups (broad SMARTS) is 1. The lowest BCUT2D eigenvalue weighted by molar-refractivity contribution is 0.0694. The van der Waals surface area contributed by atoms with Gasteiger partial charge in [-0.1, -0.05) is 26.8 Å². The fourth-order valence-corrected chi connectivity index (χ4v) is 5.34. The van der Waals surface area contributed by atoms with E-state index in [0.29, 0.717) is 22.8 Å². The van der Waals surface area contributed by atoms with Crippen LogP contribution in [0.3, 0.4) is 0 Å². The van der Waals surface area contributed by atoms with Crippen molar-refractivity contribution in [3.05, 3.63) is 52.8 Å². The highest BCUT2D eigenvalue weighted by atomic mass is 32.2. The van der Waals surface area contributed by atoms with Gasteiger partial charge in [0.15, 0.2) is 11.0 Å². The highest BCUT2D eigenvalue weighted by Crippen LogP contribution is 2.36. The second kappa shape index (κ2) is 10.4. The summed E-state index contributed by atoms with van der Waals surface area (Å²) >= 11 is 0. The van der Waals surface area contributed by atoms with E-state index in [9.17, 15) is 18.5 Å². The molecule has 1 aliphatic heterocycles. The Labute approximate surface area is 191 Å². The van der Waals surface area contributed by atoms with E-state index in [-0.39, 0.29) is 28.7 Å². The molecule has 2 aromatic carbocycles. The molecular weight excluding hydrogens is 431 g/mol. The third-order valence-corrected chi connectivity index (χ3v) is 7.18. The van der Waals surface area contributed by atoms with Crippen LogP contribution in [0.4, 0.5) is 10.1 Å². The third-order valence-electron chi connectivity index (χ3n) is 5.98. The van der Waals surface area contributed by atoms with E-state index >= 15 is 0 Å². The van der Waals surface area contributed by atoms with Gasteiger partial charge in [0.25, 0.3) is 0 Å². The number of methoxy groups -OCH3 is 1.